The van der Waals surface area contributed by atoms with Gasteiger partial charge in [-0.1, -0.05) is 35.0 Å². The molecule has 0 atom stereocenters. The van der Waals surface area contributed by atoms with Crippen LogP contribution in [0, 0.1) is 0 Å². The normalized spacial score (nSPS) is 10.8. The van der Waals surface area contributed by atoms with Gasteiger partial charge >= 0.3 is 0 Å². The lowest BCUT2D eigenvalue weighted by Gasteiger charge is -2.22. The maximum absolute atomic E-state index is 12.6. The number of hydrogen-bond donors (Lipinski definition) is 2. The summed E-state index contributed by atoms with van der Waals surface area (Å²) in [5.41, 5.74) is 1.50. The lowest BCUT2D eigenvalue weighted by molar-refractivity contribution is 0.101. The van der Waals surface area contributed by atoms with Crippen LogP contribution in [0.3, 0.4) is 0 Å². The summed E-state index contributed by atoms with van der Waals surface area (Å²) in [5.74, 6) is -1.36. The van der Waals surface area contributed by atoms with Crippen molar-refractivity contribution in [3.63, 3.8) is 0 Å². The van der Waals surface area contributed by atoms with E-state index in [-0.39, 0.29) is 11.6 Å². The van der Waals surface area contributed by atoms with Gasteiger partial charge < -0.3 is 19.8 Å². The molecule has 0 saturated carbocycles. The zero-order valence-corrected chi connectivity index (χ0v) is 18.4. The summed E-state index contributed by atoms with van der Waals surface area (Å²) in [6.45, 7) is 0.313. The molecule has 3 heterocycles. The third-order valence-corrected chi connectivity index (χ3v) is 5.12. The highest BCUT2D eigenvalue weighted by molar-refractivity contribution is 6.30. The van der Waals surface area contributed by atoms with Gasteiger partial charge in [-0.25, -0.2) is 4.98 Å². The zero-order chi connectivity index (χ0) is 23.5. The summed E-state index contributed by atoms with van der Waals surface area (Å²) < 4.78 is 5.84. The van der Waals surface area contributed by atoms with Crippen molar-refractivity contribution < 1.29 is 14.4 Å². The minimum atomic E-state index is -0.774. The Morgan fingerprint density at radius 3 is 2.85 bits per heavy atom. The van der Waals surface area contributed by atoms with Crippen LogP contribution in [0.2, 0.25) is 5.02 Å². The largest absolute Gasteiger partial charge is 0.501 e. The molecule has 11 heteroatoms. The quantitative estimate of drug-likeness (QED) is 0.444. The Morgan fingerprint density at radius 1 is 1.30 bits per heavy atom. The van der Waals surface area contributed by atoms with E-state index in [0.29, 0.717) is 11.6 Å². The van der Waals surface area contributed by atoms with Crippen LogP contribution in [-0.4, -0.2) is 37.8 Å². The predicted octanol–water partition coefficient (Wildman–Crippen LogP) is 3.08. The number of halogens is 1. The number of amides is 1. The van der Waals surface area contributed by atoms with Crippen molar-refractivity contribution in [3.8, 4) is 17.0 Å². The number of benzene rings is 1. The average molecular weight is 467 g/mol. The van der Waals surface area contributed by atoms with Crippen LogP contribution >= 0.6 is 11.6 Å². The molecule has 0 fully saturated rings. The van der Waals surface area contributed by atoms with Gasteiger partial charge in [0.2, 0.25) is 11.7 Å². The van der Waals surface area contributed by atoms with Crippen LogP contribution < -0.4 is 15.8 Å². The van der Waals surface area contributed by atoms with E-state index in [2.05, 4.69) is 25.0 Å². The number of aromatic nitrogens is 4. The molecule has 0 aliphatic carbocycles. The van der Waals surface area contributed by atoms with Crippen molar-refractivity contribution in [2.75, 3.05) is 17.3 Å². The molecule has 0 radical (unpaired) electrons. The Kier molecular flexibility index (Phi) is 6.09. The van der Waals surface area contributed by atoms with Gasteiger partial charge in [0.1, 0.15) is 12.0 Å². The maximum Gasteiger partial charge on any atom is 0.297 e. The molecular formula is C22H19ClN6O4. The molecule has 1 aromatic carbocycles. The molecule has 1 amide bonds. The molecule has 0 bridgehead atoms. The number of carbonyl (C=O) groups excluding carboxylic acids is 1. The highest BCUT2D eigenvalue weighted by Crippen LogP contribution is 2.26. The van der Waals surface area contributed by atoms with E-state index in [1.165, 1.54) is 24.1 Å². The Balaban J connectivity index is 1.68. The first-order chi connectivity index (χ1) is 15.8. The molecule has 10 nitrogen and oxygen atoms in total. The Morgan fingerprint density at radius 2 is 2.12 bits per heavy atom. The van der Waals surface area contributed by atoms with Crippen molar-refractivity contribution in [1.29, 1.82) is 0 Å². The predicted molar refractivity (Wildman–Crippen MR) is 122 cm³/mol. The Bertz CT molecular complexity index is 1370. The van der Waals surface area contributed by atoms with Gasteiger partial charge in [-0.05, 0) is 23.8 Å². The topological polar surface area (TPSA) is 126 Å². The average Bonchev–Trinajstić information content (AvgIpc) is 3.31. The number of carbonyl (C=O) groups is 1. The van der Waals surface area contributed by atoms with Crippen molar-refractivity contribution in [2.24, 2.45) is 7.05 Å². The molecule has 168 valence electrons. The summed E-state index contributed by atoms with van der Waals surface area (Å²) in [6, 6.07) is 11.0. The van der Waals surface area contributed by atoms with Crippen molar-refractivity contribution in [1.82, 2.24) is 19.7 Å². The summed E-state index contributed by atoms with van der Waals surface area (Å²) in [7, 11) is 3.18. The fraction of sp³-hybridized carbons (Fsp3) is 0.136. The van der Waals surface area contributed by atoms with E-state index in [1.54, 1.807) is 30.3 Å². The fourth-order valence-electron chi connectivity index (χ4n) is 3.32. The van der Waals surface area contributed by atoms with E-state index in [9.17, 15) is 14.7 Å². The van der Waals surface area contributed by atoms with Crippen LogP contribution in [-0.2, 0) is 13.6 Å². The summed E-state index contributed by atoms with van der Waals surface area (Å²) in [4.78, 5) is 35.6. The minimum absolute atomic E-state index is 0.175. The van der Waals surface area contributed by atoms with E-state index >= 15 is 0 Å². The molecule has 0 unspecified atom stereocenters. The second-order valence-electron chi connectivity index (χ2n) is 7.22. The first kappa shape index (κ1) is 22.0. The van der Waals surface area contributed by atoms with Crippen LogP contribution in [0.25, 0.3) is 11.3 Å². The lowest BCUT2D eigenvalue weighted by atomic mass is 10.1. The lowest BCUT2D eigenvalue weighted by Crippen LogP contribution is -2.31. The fourth-order valence-corrected chi connectivity index (χ4v) is 3.51. The van der Waals surface area contributed by atoms with E-state index in [4.69, 9.17) is 11.6 Å². The van der Waals surface area contributed by atoms with Gasteiger partial charge in [0.25, 0.3) is 11.5 Å². The van der Waals surface area contributed by atoms with Gasteiger partial charge in [-0.3, -0.25) is 19.1 Å². The number of rotatable bonds is 6. The second kappa shape index (κ2) is 9.13. The minimum Gasteiger partial charge on any atom is -0.501 e. The highest BCUT2D eigenvalue weighted by Gasteiger charge is 2.23. The third-order valence-electron chi connectivity index (χ3n) is 4.89. The van der Waals surface area contributed by atoms with Gasteiger partial charge in [-0.2, -0.15) is 0 Å². The Labute approximate surface area is 193 Å². The first-order valence-electron chi connectivity index (χ1n) is 9.77. The standard InChI is InChI=1S/C22H19ClN6O4/c1-28(11-14-6-4-8-24-17(14)13-5-3-7-15(23)9-13)22-27-18(19(30)21(32)29(22)2)20(31)26-16-10-25-33-12-16/h3-10,12,30H,11H2,1-2H3,(H,26,31). The summed E-state index contributed by atoms with van der Waals surface area (Å²) in [6.07, 6.45) is 4.17. The SMILES string of the molecule is CN(Cc1cccnc1-c1cccc(Cl)c1)c1nc(C(=O)Nc2cnoc2)c(O)c(=O)n1C. The maximum atomic E-state index is 12.6. The number of hydrogen-bond acceptors (Lipinski definition) is 8. The smallest absolute Gasteiger partial charge is 0.297 e. The van der Waals surface area contributed by atoms with Gasteiger partial charge in [0.15, 0.2) is 5.69 Å². The van der Waals surface area contributed by atoms with Crippen LogP contribution in [0.5, 0.6) is 5.75 Å². The molecule has 2 N–H and O–H groups in total. The van der Waals surface area contributed by atoms with E-state index < -0.39 is 22.9 Å². The van der Waals surface area contributed by atoms with Gasteiger partial charge in [-0.15, -0.1) is 0 Å². The monoisotopic (exact) mass is 466 g/mol. The van der Waals surface area contributed by atoms with Crippen molar-refractivity contribution >= 4 is 29.1 Å². The van der Waals surface area contributed by atoms with Crippen LogP contribution in [0.15, 0.2) is 64.4 Å². The van der Waals surface area contributed by atoms with Crippen molar-refractivity contribution in [2.45, 2.75) is 6.54 Å². The number of nitrogens with one attached hydrogen (secondary N) is 1. The molecule has 0 aliphatic rings. The number of anilines is 2. The number of aromatic hydroxyl groups is 1. The van der Waals surface area contributed by atoms with Gasteiger partial charge in [0, 0.05) is 37.4 Å². The summed E-state index contributed by atoms with van der Waals surface area (Å²) >= 11 is 6.14. The van der Waals surface area contributed by atoms with Crippen LogP contribution in [0.1, 0.15) is 16.1 Å². The number of nitrogens with zero attached hydrogens (tertiary/aromatic N) is 5. The third kappa shape index (κ3) is 4.55. The zero-order valence-electron chi connectivity index (χ0n) is 17.7. The van der Waals surface area contributed by atoms with E-state index in [1.807, 2.05) is 24.3 Å². The van der Waals surface area contributed by atoms with Crippen LogP contribution in [0.4, 0.5) is 11.6 Å². The molecule has 0 aliphatic heterocycles. The molecule has 4 aromatic rings. The highest BCUT2D eigenvalue weighted by atomic mass is 35.5. The second-order valence-corrected chi connectivity index (χ2v) is 7.65. The molecule has 33 heavy (non-hydrogen) atoms. The molecular weight excluding hydrogens is 448 g/mol. The Hall–Kier alpha value is -4.18. The molecule has 0 spiro atoms. The molecule has 0 saturated heterocycles. The summed E-state index contributed by atoms with van der Waals surface area (Å²) in [5, 5.41) is 16.8. The first-order valence-corrected chi connectivity index (χ1v) is 10.1. The van der Waals surface area contributed by atoms with Crippen molar-refractivity contribution in [3.05, 3.63) is 81.7 Å². The number of pyridine rings is 1. The molecule has 3 aromatic heterocycles. The van der Waals surface area contributed by atoms with E-state index in [0.717, 1.165) is 16.8 Å². The van der Waals surface area contributed by atoms with Gasteiger partial charge in [0.05, 0.1) is 11.9 Å². The molecule has 4 rings (SSSR count).